The first-order valence-corrected chi connectivity index (χ1v) is 10.3. The van der Waals surface area contributed by atoms with E-state index >= 15 is 0 Å². The zero-order valence-corrected chi connectivity index (χ0v) is 16.3. The normalized spacial score (nSPS) is 20.6. The number of piperidine rings is 1. The van der Waals surface area contributed by atoms with Gasteiger partial charge in [-0.1, -0.05) is 30.8 Å². The van der Waals surface area contributed by atoms with E-state index in [1.54, 1.807) is 6.92 Å². The lowest BCUT2D eigenvalue weighted by molar-refractivity contribution is -0.119. The second kappa shape index (κ2) is 7.85. The number of amides is 1. The van der Waals surface area contributed by atoms with E-state index in [1.807, 2.05) is 0 Å². The summed E-state index contributed by atoms with van der Waals surface area (Å²) in [5.41, 5.74) is 3.66. The van der Waals surface area contributed by atoms with E-state index < -0.39 is 0 Å². The molecule has 2 aliphatic rings. The summed E-state index contributed by atoms with van der Waals surface area (Å²) in [5, 5.41) is 5.39. The summed E-state index contributed by atoms with van der Waals surface area (Å²) in [4.78, 5) is 14.1. The Morgan fingerprint density at radius 2 is 2.04 bits per heavy atom. The SMILES string of the molecule is C=C(c1cc(CNC(C)=O)c2ccccc2c1)C1CCCN(CC2CC2)C1. The molecule has 0 aromatic heterocycles. The first-order valence-electron chi connectivity index (χ1n) is 10.3. The Morgan fingerprint density at radius 3 is 2.81 bits per heavy atom. The molecule has 1 saturated carbocycles. The van der Waals surface area contributed by atoms with Gasteiger partial charge in [0, 0.05) is 26.6 Å². The highest BCUT2D eigenvalue weighted by atomic mass is 16.1. The van der Waals surface area contributed by atoms with Crippen LogP contribution >= 0.6 is 0 Å². The lowest BCUT2D eigenvalue weighted by atomic mass is 9.85. The Labute approximate surface area is 162 Å². The monoisotopic (exact) mass is 362 g/mol. The molecule has 2 aromatic carbocycles. The molecule has 1 atom stereocenters. The fourth-order valence-corrected chi connectivity index (χ4v) is 4.35. The van der Waals surface area contributed by atoms with Crippen LogP contribution in [-0.4, -0.2) is 30.4 Å². The van der Waals surface area contributed by atoms with Crippen molar-refractivity contribution in [3.05, 3.63) is 54.1 Å². The van der Waals surface area contributed by atoms with Crippen LogP contribution in [0.5, 0.6) is 0 Å². The van der Waals surface area contributed by atoms with Crippen LogP contribution in [0.15, 0.2) is 43.0 Å². The largest absolute Gasteiger partial charge is 0.352 e. The van der Waals surface area contributed by atoms with Crippen molar-refractivity contribution in [1.82, 2.24) is 10.2 Å². The number of fused-ring (bicyclic) bond motifs is 1. The van der Waals surface area contributed by atoms with Gasteiger partial charge in [0.25, 0.3) is 0 Å². The Morgan fingerprint density at radius 1 is 1.22 bits per heavy atom. The number of benzene rings is 2. The molecule has 1 N–H and O–H groups in total. The number of carbonyl (C=O) groups excluding carboxylic acids is 1. The van der Waals surface area contributed by atoms with Crippen molar-refractivity contribution in [1.29, 1.82) is 0 Å². The van der Waals surface area contributed by atoms with Crippen molar-refractivity contribution in [2.45, 2.75) is 39.2 Å². The number of likely N-dealkylation sites (tertiary alicyclic amines) is 1. The number of hydrogen-bond acceptors (Lipinski definition) is 2. The fraction of sp³-hybridized carbons (Fsp3) is 0.458. The Bertz CT molecular complexity index is 853. The highest BCUT2D eigenvalue weighted by molar-refractivity contribution is 5.89. The van der Waals surface area contributed by atoms with Crippen LogP contribution < -0.4 is 5.32 Å². The van der Waals surface area contributed by atoms with E-state index in [2.05, 4.69) is 53.2 Å². The van der Waals surface area contributed by atoms with Crippen LogP contribution in [0.2, 0.25) is 0 Å². The highest BCUT2D eigenvalue weighted by Gasteiger charge is 2.28. The topological polar surface area (TPSA) is 32.3 Å². The molecule has 1 amide bonds. The lowest BCUT2D eigenvalue weighted by Gasteiger charge is -2.34. The maximum atomic E-state index is 11.4. The molecule has 1 aliphatic carbocycles. The predicted molar refractivity (Wildman–Crippen MR) is 112 cm³/mol. The van der Waals surface area contributed by atoms with Gasteiger partial charge in [-0.25, -0.2) is 0 Å². The van der Waals surface area contributed by atoms with E-state index in [9.17, 15) is 4.79 Å². The summed E-state index contributed by atoms with van der Waals surface area (Å²) in [6.07, 6.45) is 5.33. The highest BCUT2D eigenvalue weighted by Crippen LogP contribution is 2.35. The molecule has 1 unspecified atom stereocenters. The van der Waals surface area contributed by atoms with Crippen molar-refractivity contribution >= 4 is 22.3 Å². The van der Waals surface area contributed by atoms with Gasteiger partial charge in [0.15, 0.2) is 0 Å². The second-order valence-corrected chi connectivity index (χ2v) is 8.33. The fourth-order valence-electron chi connectivity index (χ4n) is 4.35. The van der Waals surface area contributed by atoms with E-state index in [1.165, 1.54) is 66.2 Å². The van der Waals surface area contributed by atoms with Gasteiger partial charge >= 0.3 is 0 Å². The third-order valence-corrected chi connectivity index (χ3v) is 6.06. The molecule has 4 rings (SSSR count). The van der Waals surface area contributed by atoms with Crippen molar-refractivity contribution in [3.63, 3.8) is 0 Å². The first-order chi connectivity index (χ1) is 13.1. The molecule has 27 heavy (non-hydrogen) atoms. The lowest BCUT2D eigenvalue weighted by Crippen LogP contribution is -2.37. The Balaban J connectivity index is 1.57. The summed E-state index contributed by atoms with van der Waals surface area (Å²) in [6, 6.07) is 12.9. The van der Waals surface area contributed by atoms with Gasteiger partial charge in [-0.05, 0) is 83.7 Å². The van der Waals surface area contributed by atoms with Crippen LogP contribution in [0.4, 0.5) is 0 Å². The number of nitrogens with zero attached hydrogens (tertiary/aromatic N) is 1. The smallest absolute Gasteiger partial charge is 0.217 e. The summed E-state index contributed by atoms with van der Waals surface area (Å²) in [6.45, 7) is 10.3. The minimum absolute atomic E-state index is 0.00584. The first kappa shape index (κ1) is 18.2. The van der Waals surface area contributed by atoms with E-state index in [0.717, 1.165) is 12.5 Å². The Kier molecular flexibility index (Phi) is 5.31. The molecule has 0 spiro atoms. The molecule has 1 saturated heterocycles. The molecule has 142 valence electrons. The summed E-state index contributed by atoms with van der Waals surface area (Å²) in [7, 11) is 0. The number of rotatable bonds is 6. The van der Waals surface area contributed by atoms with Crippen LogP contribution in [0.3, 0.4) is 0 Å². The van der Waals surface area contributed by atoms with Crippen molar-refractivity contribution in [2.75, 3.05) is 19.6 Å². The summed E-state index contributed by atoms with van der Waals surface area (Å²) >= 11 is 0. The number of nitrogens with one attached hydrogen (secondary N) is 1. The second-order valence-electron chi connectivity index (χ2n) is 8.33. The molecule has 3 heteroatoms. The molecular formula is C24H30N2O. The van der Waals surface area contributed by atoms with E-state index in [-0.39, 0.29) is 5.91 Å². The molecule has 2 aromatic rings. The third kappa shape index (κ3) is 4.41. The number of hydrogen-bond donors (Lipinski definition) is 1. The van der Waals surface area contributed by atoms with Crippen LogP contribution in [-0.2, 0) is 11.3 Å². The third-order valence-electron chi connectivity index (χ3n) is 6.06. The van der Waals surface area contributed by atoms with E-state index in [4.69, 9.17) is 0 Å². The summed E-state index contributed by atoms with van der Waals surface area (Å²) in [5.74, 6) is 1.49. The molecule has 3 nitrogen and oxygen atoms in total. The molecular weight excluding hydrogens is 332 g/mol. The molecule has 0 radical (unpaired) electrons. The van der Waals surface area contributed by atoms with Gasteiger partial charge in [-0.15, -0.1) is 0 Å². The Hall–Kier alpha value is -2.13. The van der Waals surface area contributed by atoms with Gasteiger partial charge in [0.05, 0.1) is 0 Å². The van der Waals surface area contributed by atoms with Crippen LogP contribution in [0.25, 0.3) is 16.3 Å². The zero-order valence-electron chi connectivity index (χ0n) is 16.3. The van der Waals surface area contributed by atoms with Gasteiger partial charge in [0.2, 0.25) is 5.91 Å². The minimum Gasteiger partial charge on any atom is -0.352 e. The molecule has 1 aliphatic heterocycles. The van der Waals surface area contributed by atoms with Crippen LogP contribution in [0.1, 0.15) is 43.7 Å². The maximum Gasteiger partial charge on any atom is 0.217 e. The molecule has 1 heterocycles. The quantitative estimate of drug-likeness (QED) is 0.814. The molecule has 2 fully saturated rings. The standard InChI is InChI=1S/C24H30N2O/c1-17(21-7-5-11-26(16-21)15-19-9-10-19)22-12-20-6-3-4-8-24(20)23(13-22)14-25-18(2)27/h3-4,6,8,12-13,19,21H,1,5,7,9-11,14-16H2,2H3,(H,25,27). The zero-order chi connectivity index (χ0) is 18.8. The van der Waals surface area contributed by atoms with Gasteiger partial charge < -0.3 is 10.2 Å². The van der Waals surface area contributed by atoms with Gasteiger partial charge in [0.1, 0.15) is 0 Å². The average Bonchev–Trinajstić information content (AvgIpc) is 3.49. The minimum atomic E-state index is 0.00584. The van der Waals surface area contributed by atoms with Crippen molar-refractivity contribution in [3.8, 4) is 0 Å². The van der Waals surface area contributed by atoms with Gasteiger partial charge in [-0.3, -0.25) is 4.79 Å². The predicted octanol–water partition coefficient (Wildman–Crippen LogP) is 4.61. The van der Waals surface area contributed by atoms with Crippen LogP contribution in [0, 0.1) is 11.8 Å². The van der Waals surface area contributed by atoms with Crippen molar-refractivity contribution < 1.29 is 4.79 Å². The average molecular weight is 363 g/mol. The van der Waals surface area contributed by atoms with Gasteiger partial charge in [-0.2, -0.15) is 0 Å². The maximum absolute atomic E-state index is 11.4. The summed E-state index contributed by atoms with van der Waals surface area (Å²) < 4.78 is 0. The molecule has 0 bridgehead atoms. The van der Waals surface area contributed by atoms with Crippen molar-refractivity contribution in [2.24, 2.45) is 11.8 Å². The van der Waals surface area contributed by atoms with E-state index in [0.29, 0.717) is 12.5 Å². The number of carbonyl (C=O) groups is 1.